The Morgan fingerprint density at radius 1 is 1.05 bits per heavy atom. The van der Waals surface area contributed by atoms with E-state index in [0.29, 0.717) is 0 Å². The Morgan fingerprint density at radius 3 is 1.86 bits per heavy atom. The maximum Gasteiger partial charge on any atom is 0.423 e. The number of halogens is 1. The zero-order chi connectivity index (χ0) is 15.3. The lowest BCUT2D eigenvalue weighted by molar-refractivity contribution is 0.203. The summed E-state index contributed by atoms with van der Waals surface area (Å²) in [6.45, 7) is 0. The molecule has 0 aromatic heterocycles. The Labute approximate surface area is 127 Å². The molecular formula is C14H13ClN2O3S. The molecule has 0 aliphatic rings. The van der Waals surface area contributed by atoms with Crippen LogP contribution in [0.3, 0.4) is 0 Å². The van der Waals surface area contributed by atoms with E-state index in [4.69, 9.17) is 15.5 Å². The maximum absolute atomic E-state index is 11.7. The van der Waals surface area contributed by atoms with Crippen LogP contribution in [0.25, 0.3) is 0 Å². The van der Waals surface area contributed by atoms with Crippen LogP contribution in [-0.4, -0.2) is 10.3 Å². The molecule has 2 aromatic carbocycles. The molecule has 0 fully saturated rings. The molecule has 110 valence electrons. The lowest BCUT2D eigenvalue weighted by atomic mass is 9.99. The lowest BCUT2D eigenvalue weighted by Gasteiger charge is -2.19. The first-order valence-electron chi connectivity index (χ1n) is 6.04. The SMILES string of the molecule is N=S(=O)(Cl)OC(=O)NC(c1ccccc1)c1ccccc1. The largest absolute Gasteiger partial charge is 0.423 e. The van der Waals surface area contributed by atoms with Crippen LogP contribution in [0.2, 0.25) is 0 Å². The summed E-state index contributed by atoms with van der Waals surface area (Å²) in [5.41, 5.74) is 1.65. The number of benzene rings is 2. The predicted molar refractivity (Wildman–Crippen MR) is 81.1 cm³/mol. The average molecular weight is 325 g/mol. The summed E-state index contributed by atoms with van der Waals surface area (Å²) < 4.78 is 22.2. The zero-order valence-corrected chi connectivity index (χ0v) is 12.4. The number of carbonyl (C=O) groups is 1. The van der Waals surface area contributed by atoms with Crippen molar-refractivity contribution in [2.75, 3.05) is 0 Å². The van der Waals surface area contributed by atoms with Gasteiger partial charge in [0.25, 0.3) is 9.22 Å². The van der Waals surface area contributed by atoms with E-state index in [1.54, 1.807) is 0 Å². The van der Waals surface area contributed by atoms with Gasteiger partial charge in [0.2, 0.25) is 0 Å². The summed E-state index contributed by atoms with van der Waals surface area (Å²) in [6.07, 6.45) is -1.01. The number of nitrogens with one attached hydrogen (secondary N) is 2. The van der Waals surface area contributed by atoms with E-state index in [1.807, 2.05) is 60.7 Å². The molecule has 0 bridgehead atoms. The van der Waals surface area contributed by atoms with Crippen LogP contribution >= 0.6 is 10.7 Å². The van der Waals surface area contributed by atoms with Gasteiger partial charge in [-0.2, -0.15) is 4.21 Å². The molecule has 0 aliphatic carbocycles. The fraction of sp³-hybridized carbons (Fsp3) is 0.0714. The first-order valence-corrected chi connectivity index (χ1v) is 8.35. The Bertz CT molecular complexity index is 666. The summed E-state index contributed by atoms with van der Waals surface area (Å²) in [5.74, 6) is 0. The van der Waals surface area contributed by atoms with Gasteiger partial charge in [-0.15, -0.1) is 0 Å². The molecule has 0 aliphatic heterocycles. The number of rotatable bonds is 4. The number of hydrogen-bond donors (Lipinski definition) is 2. The number of carbonyl (C=O) groups excluding carboxylic acids is 1. The van der Waals surface area contributed by atoms with Crippen molar-refractivity contribution >= 4 is 26.0 Å². The fourth-order valence-corrected chi connectivity index (χ4v) is 2.30. The Kier molecular flexibility index (Phi) is 4.82. The normalized spacial score (nSPS) is 13.4. The van der Waals surface area contributed by atoms with Crippen molar-refractivity contribution in [2.45, 2.75) is 6.04 Å². The number of hydrogen-bond acceptors (Lipinski definition) is 4. The summed E-state index contributed by atoms with van der Waals surface area (Å²) in [4.78, 5) is 11.7. The summed E-state index contributed by atoms with van der Waals surface area (Å²) in [7, 11) is 1.24. The predicted octanol–water partition coefficient (Wildman–Crippen LogP) is 3.62. The van der Waals surface area contributed by atoms with Crippen LogP contribution in [0.5, 0.6) is 0 Å². The molecule has 1 unspecified atom stereocenters. The Morgan fingerprint density at radius 2 is 1.48 bits per heavy atom. The van der Waals surface area contributed by atoms with E-state index in [1.165, 1.54) is 0 Å². The van der Waals surface area contributed by atoms with Crippen LogP contribution in [0.4, 0.5) is 4.79 Å². The molecule has 0 spiro atoms. The fourth-order valence-electron chi connectivity index (χ4n) is 1.89. The van der Waals surface area contributed by atoms with Crippen LogP contribution in [0, 0.1) is 4.78 Å². The molecule has 21 heavy (non-hydrogen) atoms. The second kappa shape index (κ2) is 6.60. The molecule has 2 N–H and O–H groups in total. The van der Waals surface area contributed by atoms with E-state index < -0.39 is 21.4 Å². The first kappa shape index (κ1) is 15.3. The molecule has 5 nitrogen and oxygen atoms in total. The van der Waals surface area contributed by atoms with Gasteiger partial charge in [0.1, 0.15) is 0 Å². The topological polar surface area (TPSA) is 79.2 Å². The van der Waals surface area contributed by atoms with Gasteiger partial charge in [-0.1, -0.05) is 60.7 Å². The van der Waals surface area contributed by atoms with E-state index >= 15 is 0 Å². The highest BCUT2D eigenvalue weighted by Crippen LogP contribution is 2.22. The van der Waals surface area contributed by atoms with Crippen LogP contribution in [-0.2, 0) is 13.4 Å². The molecular weight excluding hydrogens is 312 g/mol. The third kappa shape index (κ3) is 4.77. The van der Waals surface area contributed by atoms with Crippen LogP contribution in [0.1, 0.15) is 17.2 Å². The van der Waals surface area contributed by atoms with Gasteiger partial charge < -0.3 is 9.50 Å². The first-order chi connectivity index (χ1) is 9.96. The molecule has 2 rings (SSSR count). The maximum atomic E-state index is 11.7. The molecule has 2 aromatic rings. The van der Waals surface area contributed by atoms with Gasteiger partial charge in [0, 0.05) is 10.7 Å². The summed E-state index contributed by atoms with van der Waals surface area (Å²) in [5, 5.41) is 2.56. The van der Waals surface area contributed by atoms with E-state index in [0.717, 1.165) is 11.1 Å². The second-order valence-corrected chi connectivity index (χ2v) is 6.47. The van der Waals surface area contributed by atoms with Crippen molar-refractivity contribution in [2.24, 2.45) is 0 Å². The lowest BCUT2D eigenvalue weighted by Crippen LogP contribution is -2.30. The van der Waals surface area contributed by atoms with Gasteiger partial charge in [0.15, 0.2) is 0 Å². The molecule has 0 heterocycles. The van der Waals surface area contributed by atoms with Gasteiger partial charge >= 0.3 is 6.09 Å². The van der Waals surface area contributed by atoms with Crippen molar-refractivity contribution in [3.8, 4) is 0 Å². The average Bonchev–Trinajstić information content (AvgIpc) is 2.45. The molecule has 1 amide bonds. The molecule has 7 heteroatoms. The van der Waals surface area contributed by atoms with E-state index in [2.05, 4.69) is 9.50 Å². The molecule has 1 atom stereocenters. The van der Waals surface area contributed by atoms with Crippen molar-refractivity contribution in [3.05, 3.63) is 71.8 Å². The van der Waals surface area contributed by atoms with E-state index in [-0.39, 0.29) is 0 Å². The van der Waals surface area contributed by atoms with Crippen molar-refractivity contribution in [1.82, 2.24) is 5.32 Å². The van der Waals surface area contributed by atoms with Gasteiger partial charge in [-0.3, -0.25) is 0 Å². The van der Waals surface area contributed by atoms with Gasteiger partial charge in [-0.25, -0.2) is 9.57 Å². The Balaban J connectivity index is 2.28. The van der Waals surface area contributed by atoms with Crippen molar-refractivity contribution in [1.29, 1.82) is 4.78 Å². The number of amides is 1. The third-order valence-electron chi connectivity index (χ3n) is 2.71. The van der Waals surface area contributed by atoms with Gasteiger partial charge in [-0.05, 0) is 11.1 Å². The molecule has 0 saturated heterocycles. The van der Waals surface area contributed by atoms with Crippen molar-refractivity contribution in [3.63, 3.8) is 0 Å². The minimum atomic E-state index is -3.87. The van der Waals surface area contributed by atoms with E-state index in [9.17, 15) is 9.00 Å². The minimum Gasteiger partial charge on any atom is -0.331 e. The van der Waals surface area contributed by atoms with Crippen LogP contribution in [0.15, 0.2) is 60.7 Å². The highest BCUT2D eigenvalue weighted by Gasteiger charge is 2.19. The zero-order valence-electron chi connectivity index (χ0n) is 10.9. The highest BCUT2D eigenvalue weighted by molar-refractivity contribution is 8.11. The summed E-state index contributed by atoms with van der Waals surface area (Å²) in [6, 6.07) is 18.0. The Hall–Kier alpha value is -2.05. The highest BCUT2D eigenvalue weighted by atomic mass is 35.7. The molecule has 0 radical (unpaired) electrons. The quantitative estimate of drug-likeness (QED) is 0.843. The standard InChI is InChI=1S/C14H13ClN2O3S/c15-21(16,19)20-14(18)17-13(11-7-3-1-4-8-11)12-9-5-2-6-10-12/h1-10,13,16H,(H,17,18). The molecule has 0 saturated carbocycles. The van der Waals surface area contributed by atoms with Crippen LogP contribution < -0.4 is 5.32 Å². The smallest absolute Gasteiger partial charge is 0.331 e. The summed E-state index contributed by atoms with van der Waals surface area (Å²) >= 11 is 0. The minimum absolute atomic E-state index is 0.488. The third-order valence-corrected chi connectivity index (χ3v) is 3.27. The second-order valence-electron chi connectivity index (χ2n) is 4.21. The van der Waals surface area contributed by atoms with Gasteiger partial charge in [0.05, 0.1) is 6.04 Å². The van der Waals surface area contributed by atoms with Crippen molar-refractivity contribution < 1.29 is 13.2 Å². The monoisotopic (exact) mass is 324 g/mol.